The first-order valence-electron chi connectivity index (χ1n) is 6.78. The number of rotatable bonds is 7. The van der Waals surface area contributed by atoms with Gasteiger partial charge in [0.05, 0.1) is 5.56 Å². The van der Waals surface area contributed by atoms with Crippen LogP contribution in [0.15, 0.2) is 9.59 Å². The molecule has 108 valence electrons. The lowest BCUT2D eigenvalue weighted by atomic mass is 10.2. The van der Waals surface area contributed by atoms with Gasteiger partial charge in [0.2, 0.25) is 0 Å². The first-order chi connectivity index (χ1) is 9.04. The fourth-order valence-electron chi connectivity index (χ4n) is 2.04. The van der Waals surface area contributed by atoms with Crippen molar-refractivity contribution in [3.05, 3.63) is 31.6 Å². The Balaban J connectivity index is 3.04. The second kappa shape index (κ2) is 7.50. The van der Waals surface area contributed by atoms with Crippen molar-refractivity contribution in [1.82, 2.24) is 14.5 Å². The standard InChI is InChI=1S/C13H22ClN3O2/c1-4-7-10-11(14)15-13(19)17(12(10)18)9-8-16(5-2)6-3/h4-9H2,1-3H3,(H,15,19). The molecule has 1 aromatic heterocycles. The molecule has 1 heterocycles. The first kappa shape index (κ1) is 16.0. The summed E-state index contributed by atoms with van der Waals surface area (Å²) < 4.78 is 1.25. The molecule has 1 N–H and O–H groups in total. The Morgan fingerprint density at radius 2 is 1.84 bits per heavy atom. The summed E-state index contributed by atoms with van der Waals surface area (Å²) in [5.74, 6) is 0. The zero-order valence-electron chi connectivity index (χ0n) is 11.8. The van der Waals surface area contributed by atoms with E-state index < -0.39 is 5.69 Å². The third kappa shape index (κ3) is 3.94. The van der Waals surface area contributed by atoms with E-state index in [1.165, 1.54) is 4.57 Å². The summed E-state index contributed by atoms with van der Waals surface area (Å²) in [6, 6.07) is 0. The molecule has 0 atom stereocenters. The third-order valence-corrected chi connectivity index (χ3v) is 3.59. The van der Waals surface area contributed by atoms with Crippen LogP contribution in [-0.4, -0.2) is 34.1 Å². The van der Waals surface area contributed by atoms with E-state index in [-0.39, 0.29) is 10.7 Å². The lowest BCUT2D eigenvalue weighted by Gasteiger charge is -2.18. The lowest BCUT2D eigenvalue weighted by molar-refractivity contribution is 0.286. The quantitative estimate of drug-likeness (QED) is 0.773. The molecule has 0 bridgehead atoms. The van der Waals surface area contributed by atoms with Crippen LogP contribution in [0.4, 0.5) is 0 Å². The third-order valence-electron chi connectivity index (χ3n) is 3.26. The Kier molecular flexibility index (Phi) is 6.31. The molecule has 0 aliphatic rings. The van der Waals surface area contributed by atoms with Gasteiger partial charge in [-0.15, -0.1) is 0 Å². The fourth-order valence-corrected chi connectivity index (χ4v) is 2.29. The van der Waals surface area contributed by atoms with Crippen molar-refractivity contribution in [3.63, 3.8) is 0 Å². The topological polar surface area (TPSA) is 58.1 Å². The van der Waals surface area contributed by atoms with Gasteiger partial charge >= 0.3 is 5.69 Å². The highest BCUT2D eigenvalue weighted by atomic mass is 35.5. The molecular weight excluding hydrogens is 266 g/mol. The Bertz CT molecular complexity index is 518. The summed E-state index contributed by atoms with van der Waals surface area (Å²) in [4.78, 5) is 28.8. The number of aromatic nitrogens is 2. The van der Waals surface area contributed by atoms with Gasteiger partial charge in [-0.1, -0.05) is 38.8 Å². The van der Waals surface area contributed by atoms with Crippen molar-refractivity contribution in [3.8, 4) is 0 Å². The van der Waals surface area contributed by atoms with E-state index in [4.69, 9.17) is 11.6 Å². The lowest BCUT2D eigenvalue weighted by Crippen LogP contribution is -2.40. The van der Waals surface area contributed by atoms with Crippen molar-refractivity contribution in [2.75, 3.05) is 19.6 Å². The maximum Gasteiger partial charge on any atom is 0.329 e. The monoisotopic (exact) mass is 287 g/mol. The largest absolute Gasteiger partial charge is 0.329 e. The number of nitrogens with one attached hydrogen (secondary N) is 1. The highest BCUT2D eigenvalue weighted by Crippen LogP contribution is 2.07. The molecule has 0 fully saturated rings. The number of halogens is 1. The van der Waals surface area contributed by atoms with E-state index >= 15 is 0 Å². The van der Waals surface area contributed by atoms with Crippen LogP contribution in [0.25, 0.3) is 0 Å². The Morgan fingerprint density at radius 1 is 1.21 bits per heavy atom. The van der Waals surface area contributed by atoms with Gasteiger partial charge in [0.15, 0.2) is 0 Å². The van der Waals surface area contributed by atoms with E-state index in [1.54, 1.807) is 0 Å². The molecular formula is C13H22ClN3O2. The molecule has 19 heavy (non-hydrogen) atoms. The van der Waals surface area contributed by atoms with Crippen LogP contribution in [0, 0.1) is 0 Å². The van der Waals surface area contributed by atoms with Crippen LogP contribution in [0.3, 0.4) is 0 Å². The van der Waals surface area contributed by atoms with Crippen LogP contribution in [0.5, 0.6) is 0 Å². The Hall–Kier alpha value is -1.07. The molecule has 0 spiro atoms. The maximum atomic E-state index is 12.2. The summed E-state index contributed by atoms with van der Waals surface area (Å²) >= 11 is 5.92. The van der Waals surface area contributed by atoms with Crippen LogP contribution < -0.4 is 11.2 Å². The van der Waals surface area contributed by atoms with Crippen molar-refractivity contribution >= 4 is 11.6 Å². The summed E-state index contributed by atoms with van der Waals surface area (Å²) in [5.41, 5.74) is -0.187. The molecule has 1 aromatic rings. The second-order valence-electron chi connectivity index (χ2n) is 4.46. The Morgan fingerprint density at radius 3 is 2.37 bits per heavy atom. The molecule has 0 aliphatic carbocycles. The number of H-pyrrole nitrogens is 1. The summed E-state index contributed by atoms with van der Waals surface area (Å²) in [6.07, 6.45) is 1.40. The van der Waals surface area contributed by atoms with Gasteiger partial charge in [0.25, 0.3) is 5.56 Å². The smallest absolute Gasteiger partial charge is 0.302 e. The molecule has 0 unspecified atom stereocenters. The minimum atomic E-state index is -0.429. The molecule has 0 saturated carbocycles. The van der Waals surface area contributed by atoms with E-state index in [9.17, 15) is 9.59 Å². The number of likely N-dealkylation sites (N-methyl/N-ethyl adjacent to an activating group) is 1. The zero-order chi connectivity index (χ0) is 14.4. The molecule has 0 radical (unpaired) electrons. The highest BCUT2D eigenvalue weighted by Gasteiger charge is 2.12. The van der Waals surface area contributed by atoms with Crippen LogP contribution in [0.1, 0.15) is 32.8 Å². The number of hydrogen-bond acceptors (Lipinski definition) is 3. The van der Waals surface area contributed by atoms with Crippen LogP contribution >= 0.6 is 11.6 Å². The summed E-state index contributed by atoms with van der Waals surface area (Å²) in [6.45, 7) is 8.97. The fraction of sp³-hybridized carbons (Fsp3) is 0.692. The number of nitrogens with zero attached hydrogens (tertiary/aromatic N) is 2. The maximum absolute atomic E-state index is 12.2. The van der Waals surface area contributed by atoms with E-state index in [0.717, 1.165) is 19.5 Å². The van der Waals surface area contributed by atoms with Gasteiger partial charge in [-0.2, -0.15) is 0 Å². The van der Waals surface area contributed by atoms with Crippen LogP contribution in [0.2, 0.25) is 5.15 Å². The number of hydrogen-bond donors (Lipinski definition) is 1. The predicted octanol–water partition coefficient (Wildman–Crippen LogP) is 1.48. The molecule has 6 heteroatoms. The van der Waals surface area contributed by atoms with Gasteiger partial charge in [-0.3, -0.25) is 14.3 Å². The van der Waals surface area contributed by atoms with E-state index in [0.29, 0.717) is 25.1 Å². The second-order valence-corrected chi connectivity index (χ2v) is 4.83. The minimum absolute atomic E-state index is 0.177. The van der Waals surface area contributed by atoms with Gasteiger partial charge in [-0.25, -0.2) is 4.79 Å². The van der Waals surface area contributed by atoms with E-state index in [2.05, 4.69) is 23.7 Å². The van der Waals surface area contributed by atoms with Crippen molar-refractivity contribution in [2.24, 2.45) is 0 Å². The molecule has 0 amide bonds. The minimum Gasteiger partial charge on any atom is -0.302 e. The van der Waals surface area contributed by atoms with Crippen molar-refractivity contribution < 1.29 is 0 Å². The summed E-state index contributed by atoms with van der Waals surface area (Å²) in [5, 5.41) is 0.177. The normalized spacial score (nSPS) is 11.2. The van der Waals surface area contributed by atoms with Gasteiger partial charge in [-0.05, 0) is 19.5 Å². The summed E-state index contributed by atoms with van der Waals surface area (Å²) in [7, 11) is 0. The van der Waals surface area contributed by atoms with Crippen molar-refractivity contribution in [1.29, 1.82) is 0 Å². The molecule has 1 rings (SSSR count). The van der Waals surface area contributed by atoms with Crippen LogP contribution in [-0.2, 0) is 13.0 Å². The molecule has 0 aliphatic heterocycles. The van der Waals surface area contributed by atoms with Gasteiger partial charge in [0.1, 0.15) is 5.15 Å². The molecule has 0 saturated heterocycles. The highest BCUT2D eigenvalue weighted by molar-refractivity contribution is 6.30. The van der Waals surface area contributed by atoms with E-state index in [1.807, 2.05) is 6.92 Å². The molecule has 5 nitrogen and oxygen atoms in total. The van der Waals surface area contributed by atoms with Gasteiger partial charge in [0, 0.05) is 13.1 Å². The molecule has 0 aromatic carbocycles. The average molecular weight is 288 g/mol. The first-order valence-corrected chi connectivity index (χ1v) is 7.16. The average Bonchev–Trinajstić information content (AvgIpc) is 2.38. The Labute approximate surface area is 118 Å². The SMILES string of the molecule is CCCc1c(Cl)[nH]c(=O)n(CCN(CC)CC)c1=O. The number of aromatic amines is 1. The predicted molar refractivity (Wildman–Crippen MR) is 78.1 cm³/mol. The van der Waals surface area contributed by atoms with Crippen molar-refractivity contribution in [2.45, 2.75) is 40.2 Å². The van der Waals surface area contributed by atoms with Gasteiger partial charge < -0.3 is 4.90 Å². The zero-order valence-corrected chi connectivity index (χ0v) is 12.6.